The first-order valence-electron chi connectivity index (χ1n) is 14.9. The quantitative estimate of drug-likeness (QED) is 0.226. The number of hydrogen-bond acceptors (Lipinski definition) is 0. The summed E-state index contributed by atoms with van der Waals surface area (Å²) in [6.45, 7) is 18.5. The Balaban J connectivity index is 2.21. The lowest BCUT2D eigenvalue weighted by Crippen LogP contribution is -2.07. The molecule has 0 saturated heterocycles. The van der Waals surface area contributed by atoms with E-state index >= 15 is 0 Å². The maximum absolute atomic E-state index is 2.55. The number of fused-ring (bicyclic) bond motifs is 1. The highest BCUT2D eigenvalue weighted by molar-refractivity contribution is 5.94. The smallest absolute Gasteiger partial charge is 0.0143 e. The summed E-state index contributed by atoms with van der Waals surface area (Å²) in [5.74, 6) is 1.54. The van der Waals surface area contributed by atoms with E-state index in [1.54, 1.807) is 11.1 Å². The number of aryl methyl sites for hydroxylation is 4. The van der Waals surface area contributed by atoms with E-state index in [0.29, 0.717) is 0 Å². The van der Waals surface area contributed by atoms with Gasteiger partial charge in [-0.1, -0.05) is 115 Å². The first-order valence-corrected chi connectivity index (χ1v) is 14.9. The van der Waals surface area contributed by atoms with Crippen molar-refractivity contribution in [3.63, 3.8) is 0 Å². The van der Waals surface area contributed by atoms with Crippen LogP contribution in [0, 0.1) is 39.5 Å². The molecule has 2 atom stereocenters. The maximum atomic E-state index is 2.55. The fourth-order valence-electron chi connectivity index (χ4n) is 6.04. The summed E-state index contributed by atoms with van der Waals surface area (Å²) in [6, 6.07) is 14.8. The van der Waals surface area contributed by atoms with Crippen LogP contribution in [0.3, 0.4) is 0 Å². The summed E-state index contributed by atoms with van der Waals surface area (Å²) in [5.41, 5.74) is 11.5. The van der Waals surface area contributed by atoms with Gasteiger partial charge in [0.15, 0.2) is 0 Å². The van der Waals surface area contributed by atoms with Gasteiger partial charge in [0.05, 0.1) is 0 Å². The normalized spacial score (nSPS) is 13.3. The lowest BCUT2D eigenvalue weighted by Gasteiger charge is -2.22. The van der Waals surface area contributed by atoms with Crippen LogP contribution >= 0.6 is 0 Å². The van der Waals surface area contributed by atoms with Crippen LogP contribution in [0.25, 0.3) is 21.9 Å². The van der Waals surface area contributed by atoms with Crippen LogP contribution in [-0.2, 0) is 12.8 Å². The van der Waals surface area contributed by atoms with Gasteiger partial charge >= 0.3 is 0 Å². The van der Waals surface area contributed by atoms with Gasteiger partial charge in [-0.05, 0) is 108 Å². The van der Waals surface area contributed by atoms with Gasteiger partial charge in [-0.2, -0.15) is 0 Å². The molecule has 2 unspecified atom stereocenters. The molecule has 3 rings (SSSR count). The van der Waals surface area contributed by atoms with Crippen molar-refractivity contribution in [3.8, 4) is 11.1 Å². The second kappa shape index (κ2) is 13.5. The summed E-state index contributed by atoms with van der Waals surface area (Å²) in [4.78, 5) is 0. The third kappa shape index (κ3) is 7.02. The molecule has 0 amide bonds. The Kier molecular flexibility index (Phi) is 10.7. The molecule has 0 heterocycles. The van der Waals surface area contributed by atoms with E-state index < -0.39 is 0 Å². The zero-order chi connectivity index (χ0) is 26.2. The van der Waals surface area contributed by atoms with Crippen LogP contribution in [0.1, 0.15) is 112 Å². The topological polar surface area (TPSA) is 0 Å². The van der Waals surface area contributed by atoms with Crippen molar-refractivity contribution in [1.29, 1.82) is 0 Å². The molecule has 196 valence electrons. The molecule has 36 heavy (non-hydrogen) atoms. The standard InChI is InChI=1S/C36H52/c1-9-13-15-29(11-3)21-31-17-25(5)18-35-32(22-30(12-4)16-14-10-2)23-33(24-36(31)35)34-20-27(7)26(6)19-28(34)8/h17-20,23-24,29-30H,9-16,21-22H2,1-8H3. The van der Waals surface area contributed by atoms with Gasteiger partial charge in [0, 0.05) is 0 Å². The molecule has 0 N–H and O–H groups in total. The van der Waals surface area contributed by atoms with Crippen LogP contribution in [0.2, 0.25) is 0 Å². The molecule has 0 aliphatic heterocycles. The average molecular weight is 485 g/mol. The van der Waals surface area contributed by atoms with Gasteiger partial charge in [-0.3, -0.25) is 0 Å². The minimum Gasteiger partial charge on any atom is -0.0654 e. The molecule has 0 spiro atoms. The summed E-state index contributed by atoms with van der Waals surface area (Å²) in [7, 11) is 0. The predicted octanol–water partition coefficient (Wildman–Crippen LogP) is 11.3. The SMILES string of the molecule is CCCCC(CC)Cc1cc(-c2cc(C)c(C)cc2C)cc2c(CC(CC)CCCC)cc(C)cc12. The first-order chi connectivity index (χ1) is 17.3. The predicted molar refractivity (Wildman–Crippen MR) is 162 cm³/mol. The fourth-order valence-corrected chi connectivity index (χ4v) is 6.04. The Bertz CT molecular complexity index is 1130. The molecule has 3 aromatic carbocycles. The minimum atomic E-state index is 0.765. The Labute approximate surface area is 222 Å². The number of rotatable bonds is 13. The van der Waals surface area contributed by atoms with Crippen molar-refractivity contribution in [1.82, 2.24) is 0 Å². The van der Waals surface area contributed by atoms with Gasteiger partial charge in [-0.15, -0.1) is 0 Å². The van der Waals surface area contributed by atoms with Crippen molar-refractivity contribution in [3.05, 3.63) is 69.8 Å². The van der Waals surface area contributed by atoms with Gasteiger partial charge in [0.25, 0.3) is 0 Å². The minimum absolute atomic E-state index is 0.765. The van der Waals surface area contributed by atoms with E-state index in [-0.39, 0.29) is 0 Å². The molecule has 0 fully saturated rings. The largest absolute Gasteiger partial charge is 0.0654 e. The number of benzene rings is 3. The molecule has 0 saturated carbocycles. The van der Waals surface area contributed by atoms with Crippen LogP contribution in [0.4, 0.5) is 0 Å². The molecular weight excluding hydrogens is 432 g/mol. The van der Waals surface area contributed by atoms with E-state index in [1.165, 1.54) is 108 Å². The highest BCUT2D eigenvalue weighted by Gasteiger charge is 2.17. The van der Waals surface area contributed by atoms with Crippen molar-refractivity contribution < 1.29 is 0 Å². The molecule has 0 nitrogen and oxygen atoms in total. The highest BCUT2D eigenvalue weighted by atomic mass is 14.2. The summed E-state index contributed by atoms with van der Waals surface area (Å²) in [6.07, 6.45) is 12.9. The maximum Gasteiger partial charge on any atom is -0.0143 e. The van der Waals surface area contributed by atoms with E-state index in [9.17, 15) is 0 Å². The lowest BCUT2D eigenvalue weighted by molar-refractivity contribution is 0.449. The first kappa shape index (κ1) is 28.5. The van der Waals surface area contributed by atoms with Crippen molar-refractivity contribution in [2.24, 2.45) is 11.8 Å². The Hall–Kier alpha value is -2.08. The van der Waals surface area contributed by atoms with E-state index in [2.05, 4.69) is 91.8 Å². The van der Waals surface area contributed by atoms with Crippen LogP contribution in [-0.4, -0.2) is 0 Å². The molecule has 0 aromatic heterocycles. The van der Waals surface area contributed by atoms with Gasteiger partial charge in [0.2, 0.25) is 0 Å². The molecule has 0 aliphatic rings. The van der Waals surface area contributed by atoms with E-state index in [4.69, 9.17) is 0 Å². The lowest BCUT2D eigenvalue weighted by atomic mass is 9.83. The third-order valence-corrected chi connectivity index (χ3v) is 8.64. The second-order valence-electron chi connectivity index (χ2n) is 11.6. The molecule has 0 aliphatic carbocycles. The monoisotopic (exact) mass is 484 g/mol. The van der Waals surface area contributed by atoms with Crippen LogP contribution in [0.5, 0.6) is 0 Å². The van der Waals surface area contributed by atoms with Crippen molar-refractivity contribution >= 4 is 10.8 Å². The van der Waals surface area contributed by atoms with Crippen LogP contribution in [0.15, 0.2) is 36.4 Å². The van der Waals surface area contributed by atoms with E-state index in [1.807, 2.05) is 0 Å². The summed E-state index contributed by atoms with van der Waals surface area (Å²) >= 11 is 0. The van der Waals surface area contributed by atoms with Gasteiger partial charge in [-0.25, -0.2) is 0 Å². The van der Waals surface area contributed by atoms with Crippen molar-refractivity contribution in [2.75, 3.05) is 0 Å². The summed E-state index contributed by atoms with van der Waals surface area (Å²) < 4.78 is 0. The molecular formula is C36H52. The Morgan fingerprint density at radius 1 is 0.556 bits per heavy atom. The number of hydrogen-bond donors (Lipinski definition) is 0. The van der Waals surface area contributed by atoms with Crippen LogP contribution < -0.4 is 0 Å². The average Bonchev–Trinajstić information content (AvgIpc) is 2.86. The number of unbranched alkanes of at least 4 members (excludes halogenated alkanes) is 2. The van der Waals surface area contributed by atoms with Gasteiger partial charge < -0.3 is 0 Å². The third-order valence-electron chi connectivity index (χ3n) is 8.64. The highest BCUT2D eigenvalue weighted by Crippen LogP contribution is 2.36. The molecule has 3 aromatic rings. The zero-order valence-electron chi connectivity index (χ0n) is 24.7. The fraction of sp³-hybridized carbons (Fsp3) is 0.556. The van der Waals surface area contributed by atoms with Crippen molar-refractivity contribution in [2.45, 2.75) is 120 Å². The Morgan fingerprint density at radius 3 is 1.64 bits per heavy atom. The molecule has 0 bridgehead atoms. The van der Waals surface area contributed by atoms with Gasteiger partial charge in [0.1, 0.15) is 0 Å². The second-order valence-corrected chi connectivity index (χ2v) is 11.6. The van der Waals surface area contributed by atoms with E-state index in [0.717, 1.165) is 11.8 Å². The Morgan fingerprint density at radius 2 is 1.08 bits per heavy atom. The molecule has 0 heteroatoms. The summed E-state index contributed by atoms with van der Waals surface area (Å²) in [5, 5.41) is 3.02. The zero-order valence-corrected chi connectivity index (χ0v) is 24.7. The molecule has 0 radical (unpaired) electrons.